The molecular weight excluding hydrogens is 415 g/mol. The Morgan fingerprint density at radius 3 is 2.52 bits per heavy atom. The van der Waals surface area contributed by atoms with E-state index in [0.29, 0.717) is 4.90 Å². The molecule has 1 aromatic carbocycles. The average Bonchev–Trinajstić information content (AvgIpc) is 2.65. The molecule has 2 aromatic rings. The SMILES string of the molecule is CN(CC(F)(F)F)C(=O)c1cc(=O)[nH]c2ccc(S(=O)(=O)N3CCOCC3)cc12. The van der Waals surface area contributed by atoms with Crippen molar-refractivity contribution in [2.24, 2.45) is 0 Å². The van der Waals surface area contributed by atoms with Crippen molar-refractivity contribution in [2.75, 3.05) is 39.9 Å². The summed E-state index contributed by atoms with van der Waals surface area (Å²) in [6.45, 7) is -0.706. The first-order valence-corrected chi connectivity index (χ1v) is 10.0. The number of fused-ring (bicyclic) bond motifs is 1. The van der Waals surface area contributed by atoms with E-state index in [4.69, 9.17) is 4.74 Å². The first-order chi connectivity index (χ1) is 13.5. The van der Waals surface area contributed by atoms with Crippen LogP contribution in [0.2, 0.25) is 0 Å². The molecule has 2 heterocycles. The van der Waals surface area contributed by atoms with Crippen LogP contribution in [0.3, 0.4) is 0 Å². The standard InChI is InChI=1S/C17H18F3N3O5S/c1-22(10-17(18,19)20)16(25)13-9-15(24)21-14-3-2-11(8-12(13)14)29(26,27)23-4-6-28-7-5-23/h2-3,8-9H,4-7,10H2,1H3,(H,21,24). The number of alkyl halides is 3. The van der Waals surface area contributed by atoms with Crippen LogP contribution in [-0.2, 0) is 14.8 Å². The largest absolute Gasteiger partial charge is 0.406 e. The molecule has 1 amide bonds. The Hall–Kier alpha value is -2.44. The van der Waals surface area contributed by atoms with Gasteiger partial charge in [0.2, 0.25) is 15.6 Å². The number of amides is 1. The number of sulfonamides is 1. The van der Waals surface area contributed by atoms with Gasteiger partial charge in [0, 0.05) is 37.1 Å². The van der Waals surface area contributed by atoms with E-state index in [-0.39, 0.29) is 47.7 Å². The van der Waals surface area contributed by atoms with Gasteiger partial charge in [-0.25, -0.2) is 8.42 Å². The molecule has 1 aromatic heterocycles. The third-order valence-electron chi connectivity index (χ3n) is 4.42. The summed E-state index contributed by atoms with van der Waals surface area (Å²) in [4.78, 5) is 27.2. The van der Waals surface area contributed by atoms with Gasteiger partial charge in [0.15, 0.2) is 0 Å². The molecule has 0 spiro atoms. The van der Waals surface area contributed by atoms with E-state index in [0.717, 1.165) is 13.1 Å². The molecular formula is C17H18F3N3O5S. The number of nitrogens with zero attached hydrogens (tertiary/aromatic N) is 2. The molecule has 12 heteroatoms. The number of carbonyl (C=O) groups is 1. The first-order valence-electron chi connectivity index (χ1n) is 8.56. The number of rotatable bonds is 4. The van der Waals surface area contributed by atoms with Gasteiger partial charge in [-0.15, -0.1) is 0 Å². The Morgan fingerprint density at radius 1 is 1.24 bits per heavy atom. The number of carbonyl (C=O) groups excluding carboxylic acids is 1. The summed E-state index contributed by atoms with van der Waals surface area (Å²) >= 11 is 0. The zero-order valence-electron chi connectivity index (χ0n) is 15.3. The monoisotopic (exact) mass is 433 g/mol. The van der Waals surface area contributed by atoms with E-state index >= 15 is 0 Å². The molecule has 1 aliphatic rings. The van der Waals surface area contributed by atoms with Crippen molar-refractivity contribution in [1.29, 1.82) is 0 Å². The van der Waals surface area contributed by atoms with Gasteiger partial charge in [0.1, 0.15) is 6.54 Å². The van der Waals surface area contributed by atoms with Gasteiger partial charge in [-0.2, -0.15) is 17.5 Å². The van der Waals surface area contributed by atoms with Crippen molar-refractivity contribution in [2.45, 2.75) is 11.1 Å². The lowest BCUT2D eigenvalue weighted by Gasteiger charge is -2.26. The van der Waals surface area contributed by atoms with Gasteiger partial charge < -0.3 is 14.6 Å². The number of benzene rings is 1. The minimum atomic E-state index is -4.62. The van der Waals surface area contributed by atoms with Gasteiger partial charge in [-0.3, -0.25) is 9.59 Å². The van der Waals surface area contributed by atoms with Gasteiger partial charge in [0.25, 0.3) is 5.91 Å². The molecule has 8 nitrogen and oxygen atoms in total. The third-order valence-corrected chi connectivity index (χ3v) is 6.31. The van der Waals surface area contributed by atoms with Crippen LogP contribution >= 0.6 is 0 Å². The van der Waals surface area contributed by atoms with E-state index in [9.17, 15) is 31.2 Å². The second-order valence-electron chi connectivity index (χ2n) is 6.55. The zero-order chi connectivity index (χ0) is 21.4. The van der Waals surface area contributed by atoms with Crippen LogP contribution in [0.5, 0.6) is 0 Å². The van der Waals surface area contributed by atoms with Gasteiger partial charge >= 0.3 is 6.18 Å². The van der Waals surface area contributed by atoms with Gasteiger partial charge in [0.05, 0.1) is 23.7 Å². The number of morpholine rings is 1. The predicted octanol–water partition coefficient (Wildman–Crippen LogP) is 1.18. The van der Waals surface area contributed by atoms with E-state index in [2.05, 4.69) is 4.98 Å². The fourth-order valence-electron chi connectivity index (χ4n) is 3.05. The van der Waals surface area contributed by atoms with Gasteiger partial charge in [-0.05, 0) is 18.2 Å². The van der Waals surface area contributed by atoms with Crippen LogP contribution in [-0.4, -0.2) is 74.6 Å². The van der Waals surface area contributed by atoms with E-state index in [1.807, 2.05) is 0 Å². The van der Waals surface area contributed by atoms with Crippen LogP contribution in [0.15, 0.2) is 34.0 Å². The quantitative estimate of drug-likeness (QED) is 0.781. The van der Waals surface area contributed by atoms with Crippen LogP contribution in [0.4, 0.5) is 13.2 Å². The topological polar surface area (TPSA) is 99.8 Å². The molecule has 0 atom stereocenters. The highest BCUT2D eigenvalue weighted by atomic mass is 32.2. The highest BCUT2D eigenvalue weighted by molar-refractivity contribution is 7.89. The van der Waals surface area contributed by atoms with E-state index < -0.39 is 34.2 Å². The molecule has 0 aliphatic carbocycles. The fourth-order valence-corrected chi connectivity index (χ4v) is 4.49. The number of H-pyrrole nitrogens is 1. The molecule has 0 saturated carbocycles. The molecule has 29 heavy (non-hydrogen) atoms. The van der Waals surface area contributed by atoms with E-state index in [1.54, 1.807) is 0 Å². The fraction of sp³-hybridized carbons (Fsp3) is 0.412. The number of hydrogen-bond donors (Lipinski definition) is 1. The second kappa shape index (κ2) is 7.76. The molecule has 1 saturated heterocycles. The molecule has 1 fully saturated rings. The van der Waals surface area contributed by atoms with Crippen LogP contribution in [0.1, 0.15) is 10.4 Å². The van der Waals surface area contributed by atoms with Crippen LogP contribution < -0.4 is 5.56 Å². The van der Waals surface area contributed by atoms with Crippen LogP contribution in [0, 0.1) is 0 Å². The summed E-state index contributed by atoms with van der Waals surface area (Å²) in [7, 11) is -2.94. The van der Waals surface area contributed by atoms with Crippen molar-refractivity contribution in [3.8, 4) is 0 Å². The van der Waals surface area contributed by atoms with E-state index in [1.165, 1.54) is 22.5 Å². The van der Waals surface area contributed by atoms with Crippen molar-refractivity contribution >= 4 is 26.8 Å². The number of nitrogens with one attached hydrogen (secondary N) is 1. The highest BCUT2D eigenvalue weighted by Crippen LogP contribution is 2.25. The van der Waals surface area contributed by atoms with Crippen molar-refractivity contribution < 1.29 is 31.1 Å². The Balaban J connectivity index is 2.08. The molecule has 1 aliphatic heterocycles. The second-order valence-corrected chi connectivity index (χ2v) is 8.49. The number of pyridine rings is 1. The average molecular weight is 433 g/mol. The Labute approximate surface area is 163 Å². The number of halogens is 3. The molecule has 3 rings (SSSR count). The maximum atomic E-state index is 12.9. The molecule has 0 radical (unpaired) electrons. The number of ether oxygens (including phenoxy) is 1. The lowest BCUT2D eigenvalue weighted by molar-refractivity contribution is -0.138. The smallest absolute Gasteiger partial charge is 0.379 e. The van der Waals surface area contributed by atoms with Crippen molar-refractivity contribution in [3.63, 3.8) is 0 Å². The summed E-state index contributed by atoms with van der Waals surface area (Å²) in [6, 6.07) is 4.63. The Bertz CT molecular complexity index is 1090. The Kier molecular flexibility index (Phi) is 5.70. The third kappa shape index (κ3) is 4.60. The lowest BCUT2D eigenvalue weighted by atomic mass is 10.1. The predicted molar refractivity (Wildman–Crippen MR) is 97.2 cm³/mol. The summed E-state index contributed by atoms with van der Waals surface area (Å²) in [5.74, 6) is -1.04. The molecule has 0 bridgehead atoms. The summed E-state index contributed by atoms with van der Waals surface area (Å²) in [5, 5.41) is 0.0398. The molecule has 1 N–H and O–H groups in total. The number of aromatic nitrogens is 1. The van der Waals surface area contributed by atoms with Crippen LogP contribution in [0.25, 0.3) is 10.9 Å². The zero-order valence-corrected chi connectivity index (χ0v) is 16.1. The lowest BCUT2D eigenvalue weighted by Crippen LogP contribution is -2.40. The minimum Gasteiger partial charge on any atom is -0.379 e. The molecule has 158 valence electrons. The van der Waals surface area contributed by atoms with Crippen molar-refractivity contribution in [1.82, 2.24) is 14.2 Å². The first kappa shape index (κ1) is 21.3. The summed E-state index contributed by atoms with van der Waals surface area (Å²) < 4.78 is 70.0. The summed E-state index contributed by atoms with van der Waals surface area (Å²) in [5.41, 5.74) is -0.859. The Morgan fingerprint density at radius 2 is 1.90 bits per heavy atom. The number of aromatic amines is 1. The number of hydrogen-bond acceptors (Lipinski definition) is 5. The summed E-state index contributed by atoms with van der Waals surface area (Å²) in [6.07, 6.45) is -4.62. The maximum absolute atomic E-state index is 12.9. The normalized spacial score (nSPS) is 16.1. The highest BCUT2D eigenvalue weighted by Gasteiger charge is 2.32. The minimum absolute atomic E-state index is 0.0398. The van der Waals surface area contributed by atoms with Gasteiger partial charge in [-0.1, -0.05) is 0 Å². The molecule has 0 unspecified atom stereocenters. The van der Waals surface area contributed by atoms with Crippen molar-refractivity contribution in [3.05, 3.63) is 40.2 Å². The maximum Gasteiger partial charge on any atom is 0.406 e.